The molecule has 0 bridgehead atoms. The molecular formula is C30H54O7P2. The van der Waals surface area contributed by atoms with Crippen molar-refractivity contribution in [1.29, 1.82) is 0 Å². The molecule has 39 heavy (non-hydrogen) atoms. The summed E-state index contributed by atoms with van der Waals surface area (Å²) in [7, 11) is -1.64. The van der Waals surface area contributed by atoms with E-state index in [1.807, 2.05) is 0 Å². The van der Waals surface area contributed by atoms with Gasteiger partial charge in [0.2, 0.25) is 0 Å². The zero-order valence-corrected chi connectivity index (χ0v) is 27.5. The Kier molecular flexibility index (Phi) is 10.4. The van der Waals surface area contributed by atoms with Gasteiger partial charge in [-0.3, -0.25) is 18.1 Å². The summed E-state index contributed by atoms with van der Waals surface area (Å²) in [4.78, 5) is 0. The van der Waals surface area contributed by atoms with Crippen molar-refractivity contribution >= 4 is 16.1 Å². The van der Waals surface area contributed by atoms with E-state index in [4.69, 9.17) is 22.6 Å². The van der Waals surface area contributed by atoms with Crippen LogP contribution >= 0.6 is 16.1 Å². The van der Waals surface area contributed by atoms with Crippen LogP contribution in [0.3, 0.4) is 0 Å². The Labute approximate surface area is 238 Å². The maximum absolute atomic E-state index is 12.6. The van der Waals surface area contributed by atoms with E-state index in [0.29, 0.717) is 23.2 Å². The first kappa shape index (κ1) is 31.9. The molecule has 0 amide bonds. The molecule has 4 rings (SSSR count). The predicted octanol–water partition coefficient (Wildman–Crippen LogP) is 8.85. The lowest BCUT2D eigenvalue weighted by molar-refractivity contribution is -0.0579. The van der Waals surface area contributed by atoms with Crippen LogP contribution in [0.25, 0.3) is 0 Å². The first-order valence-corrected chi connectivity index (χ1v) is 17.9. The number of hydrogen-bond donors (Lipinski definition) is 0. The average molecular weight is 589 g/mol. The summed E-state index contributed by atoms with van der Waals surface area (Å²) in [6.07, 6.45) is 13.6. The number of rotatable bonds is 12. The van der Waals surface area contributed by atoms with Gasteiger partial charge in [0.15, 0.2) is 0 Å². The molecular weight excluding hydrogens is 534 g/mol. The Bertz CT molecular complexity index is 946. The zero-order valence-electron chi connectivity index (χ0n) is 25.6. The number of phosphoric ester groups is 1. The normalized spacial score (nSPS) is 38.9. The van der Waals surface area contributed by atoms with Crippen molar-refractivity contribution in [3.8, 4) is 0 Å². The lowest BCUT2D eigenvalue weighted by atomic mass is 9.47. The van der Waals surface area contributed by atoms with Crippen molar-refractivity contribution in [3.05, 3.63) is 11.6 Å². The molecule has 10 atom stereocenters. The quantitative estimate of drug-likeness (QED) is 0.166. The van der Waals surface area contributed by atoms with Gasteiger partial charge in [0.25, 0.3) is 0 Å². The van der Waals surface area contributed by atoms with Gasteiger partial charge in [-0.15, -0.1) is 0 Å². The van der Waals surface area contributed by atoms with Gasteiger partial charge in [0.1, 0.15) is 0 Å². The molecule has 0 aromatic heterocycles. The van der Waals surface area contributed by atoms with E-state index in [1.54, 1.807) is 0 Å². The fourth-order valence-electron chi connectivity index (χ4n) is 9.36. The first-order valence-electron chi connectivity index (χ1n) is 15.2. The minimum absolute atomic E-state index is 0.0119. The van der Waals surface area contributed by atoms with Crippen molar-refractivity contribution in [2.45, 2.75) is 111 Å². The van der Waals surface area contributed by atoms with Gasteiger partial charge in [-0.25, -0.2) is 4.57 Å². The molecule has 3 saturated carbocycles. The fourth-order valence-corrected chi connectivity index (χ4v) is 11.0. The summed E-state index contributed by atoms with van der Waals surface area (Å²) in [6, 6.07) is 0. The smallest absolute Gasteiger partial charge is 0.314 e. The van der Waals surface area contributed by atoms with Crippen LogP contribution in [0, 0.1) is 46.3 Å². The van der Waals surface area contributed by atoms with Crippen LogP contribution in [0.15, 0.2) is 11.6 Å². The Morgan fingerprint density at radius 2 is 1.72 bits per heavy atom. The molecule has 4 aliphatic rings. The largest absolute Gasteiger partial charge is 0.474 e. The van der Waals surface area contributed by atoms with Crippen LogP contribution in [0.2, 0.25) is 0 Å². The minimum atomic E-state index is -3.47. The summed E-state index contributed by atoms with van der Waals surface area (Å²) in [5.74, 6) is 3.92. The van der Waals surface area contributed by atoms with Crippen LogP contribution in [-0.4, -0.2) is 33.5 Å². The Balaban J connectivity index is 1.42. The van der Waals surface area contributed by atoms with E-state index < -0.39 is 16.1 Å². The van der Waals surface area contributed by atoms with Crippen LogP contribution in [-0.2, 0) is 31.7 Å². The van der Waals surface area contributed by atoms with Gasteiger partial charge in [0, 0.05) is 21.3 Å². The maximum atomic E-state index is 12.6. The third-order valence-electron chi connectivity index (χ3n) is 11.6. The summed E-state index contributed by atoms with van der Waals surface area (Å²) in [5.41, 5.74) is 2.10. The van der Waals surface area contributed by atoms with Gasteiger partial charge in [0.05, 0.1) is 12.2 Å². The lowest BCUT2D eigenvalue weighted by Crippen LogP contribution is -2.51. The van der Waals surface area contributed by atoms with Gasteiger partial charge >= 0.3 is 16.1 Å². The second-order valence-corrected chi connectivity index (χ2v) is 16.7. The van der Waals surface area contributed by atoms with Crippen molar-refractivity contribution in [2.75, 3.05) is 21.3 Å². The topological polar surface area (TPSA) is 80.3 Å². The van der Waals surface area contributed by atoms with Gasteiger partial charge in [-0.05, 0) is 111 Å². The summed E-state index contributed by atoms with van der Waals surface area (Å²) in [6.45, 7) is 11.8. The van der Waals surface area contributed by atoms with Crippen LogP contribution in [0.4, 0.5) is 0 Å². The third-order valence-corrected chi connectivity index (χ3v) is 13.9. The number of hydrogen-bond acceptors (Lipinski definition) is 7. The third kappa shape index (κ3) is 6.36. The Morgan fingerprint density at radius 3 is 2.36 bits per heavy atom. The second-order valence-electron chi connectivity index (χ2n) is 13.7. The van der Waals surface area contributed by atoms with E-state index in [-0.39, 0.29) is 17.6 Å². The SMILES string of the molecule is CO[PH](=O)O[C@@H](CC[C@@H](C)[C@H]1CC[C@H]2[C@@H]3CC=C4C[C@@H](OP(=O)(OC)OC)CC[C@]4(C)[C@H]3CC[C@]12C)C(C)C. The van der Waals surface area contributed by atoms with E-state index in [2.05, 4.69) is 40.7 Å². The molecule has 226 valence electrons. The van der Waals surface area contributed by atoms with Crippen LogP contribution in [0.5, 0.6) is 0 Å². The van der Waals surface area contributed by atoms with Crippen LogP contribution in [0.1, 0.15) is 98.8 Å². The Hall–Kier alpha value is -0.0000000000000000416. The molecule has 7 nitrogen and oxygen atoms in total. The molecule has 0 heterocycles. The highest BCUT2D eigenvalue weighted by atomic mass is 31.2. The van der Waals surface area contributed by atoms with E-state index in [1.165, 1.54) is 52.6 Å². The molecule has 0 aromatic carbocycles. The molecule has 3 fully saturated rings. The monoisotopic (exact) mass is 588 g/mol. The Morgan fingerprint density at radius 1 is 1.00 bits per heavy atom. The molecule has 0 spiro atoms. The summed E-state index contributed by atoms with van der Waals surface area (Å²) < 4.78 is 51.2. The summed E-state index contributed by atoms with van der Waals surface area (Å²) >= 11 is 0. The fraction of sp³-hybridized carbons (Fsp3) is 0.933. The average Bonchev–Trinajstić information content (AvgIpc) is 3.27. The highest BCUT2D eigenvalue weighted by Gasteiger charge is 2.59. The van der Waals surface area contributed by atoms with Gasteiger partial charge in [-0.2, -0.15) is 0 Å². The molecule has 0 aromatic rings. The molecule has 0 aliphatic heterocycles. The minimum Gasteiger partial charge on any atom is -0.314 e. The first-order chi connectivity index (χ1) is 18.4. The molecule has 4 aliphatic carbocycles. The van der Waals surface area contributed by atoms with Crippen molar-refractivity contribution in [3.63, 3.8) is 0 Å². The second kappa shape index (κ2) is 12.7. The van der Waals surface area contributed by atoms with E-state index in [9.17, 15) is 9.13 Å². The van der Waals surface area contributed by atoms with Gasteiger partial charge < -0.3 is 9.05 Å². The highest BCUT2D eigenvalue weighted by Crippen LogP contribution is 2.68. The standard InChI is InChI=1S/C30H54O7P2/c1-20(2)28(36-38(31)33-6)14-9-21(3)25-12-13-26-24-11-10-22-19-23(37-39(32,34-7)35-8)15-17-29(22,4)27(24)16-18-30(25,26)5/h10,20-21,23-28,38H,9,11-19H2,1-8H3/t21-,23+,24+,25-,26+,27+,28+,29+,30-/m1/s1. The predicted molar refractivity (Wildman–Crippen MR) is 156 cm³/mol. The molecule has 0 saturated heterocycles. The van der Waals surface area contributed by atoms with E-state index >= 15 is 0 Å². The van der Waals surface area contributed by atoms with Crippen LogP contribution < -0.4 is 0 Å². The molecule has 1 unspecified atom stereocenters. The van der Waals surface area contributed by atoms with Crippen molar-refractivity contribution in [2.24, 2.45) is 46.3 Å². The maximum Gasteiger partial charge on any atom is 0.474 e. The number of allylic oxidation sites excluding steroid dienone is 1. The lowest BCUT2D eigenvalue weighted by Gasteiger charge is -2.58. The van der Waals surface area contributed by atoms with Gasteiger partial charge in [-0.1, -0.05) is 46.3 Å². The summed E-state index contributed by atoms with van der Waals surface area (Å²) in [5, 5.41) is 0. The molecule has 9 heteroatoms. The van der Waals surface area contributed by atoms with Crippen molar-refractivity contribution < 1.29 is 31.7 Å². The number of fused-ring (bicyclic) bond motifs is 5. The highest BCUT2D eigenvalue weighted by molar-refractivity contribution is 7.48. The zero-order chi connectivity index (χ0) is 28.6. The van der Waals surface area contributed by atoms with Crippen molar-refractivity contribution in [1.82, 2.24) is 0 Å². The molecule has 0 N–H and O–H groups in total. The van der Waals surface area contributed by atoms with E-state index in [0.717, 1.165) is 56.3 Å². The molecule has 0 radical (unpaired) electrons. The number of phosphoric acid groups is 1.